The lowest BCUT2D eigenvalue weighted by molar-refractivity contribution is -0.135. The van der Waals surface area contributed by atoms with E-state index in [1.165, 1.54) is 0 Å². The Bertz CT molecular complexity index is 708. The Morgan fingerprint density at radius 3 is 2.90 bits per heavy atom. The summed E-state index contributed by atoms with van der Waals surface area (Å²) in [5, 5.41) is 22.1. The van der Waals surface area contributed by atoms with Gasteiger partial charge >= 0.3 is 0 Å². The van der Waals surface area contributed by atoms with Crippen LogP contribution in [0.25, 0.3) is 0 Å². The highest BCUT2D eigenvalue weighted by molar-refractivity contribution is 5.94. The average Bonchev–Trinajstić information content (AvgIpc) is 2.71. The Morgan fingerprint density at radius 2 is 2.10 bits per heavy atom. The van der Waals surface area contributed by atoms with Crippen LogP contribution in [0, 0.1) is 0 Å². The number of amides is 2. The number of aliphatic hydroxyl groups is 2. The maximum atomic E-state index is 12.6. The molecule has 3 rings (SSSR count). The standard InChI is InChI=1S/C22H32N2O5/c25-12-11-24(17-4-3-5-18(26)15-17)22(28)6-1-2-13-29-19-8-9-20-16(14-19)7-10-21(27)23-20/h8-9,14,17-18,25-26H,1-7,10-13,15H2,(H,23,27). The SMILES string of the molecule is O=C1CCc2cc(OCCCCC(=O)N(CCO)C3CCCC(O)C3)ccc2N1. The molecular formula is C22H32N2O5. The number of nitrogens with one attached hydrogen (secondary N) is 1. The molecule has 0 spiro atoms. The van der Waals surface area contributed by atoms with Gasteiger partial charge in [-0.15, -0.1) is 0 Å². The Kier molecular flexibility index (Phi) is 7.89. The normalized spacial score (nSPS) is 21.2. The summed E-state index contributed by atoms with van der Waals surface area (Å²) in [6.45, 7) is 0.805. The molecule has 2 aliphatic rings. The van der Waals surface area contributed by atoms with Crippen molar-refractivity contribution in [2.24, 2.45) is 0 Å². The van der Waals surface area contributed by atoms with Gasteiger partial charge in [-0.05, 0) is 68.7 Å². The van der Waals surface area contributed by atoms with E-state index in [2.05, 4.69) is 5.32 Å². The molecule has 160 valence electrons. The lowest BCUT2D eigenvalue weighted by Crippen LogP contribution is -2.45. The molecule has 1 heterocycles. The monoisotopic (exact) mass is 404 g/mol. The third kappa shape index (κ3) is 6.18. The number of benzene rings is 1. The largest absolute Gasteiger partial charge is 0.494 e. The van der Waals surface area contributed by atoms with Gasteiger partial charge in [0.15, 0.2) is 0 Å². The van der Waals surface area contributed by atoms with E-state index in [1.54, 1.807) is 4.90 Å². The molecule has 2 atom stereocenters. The number of aliphatic hydroxyl groups excluding tert-OH is 2. The fraction of sp³-hybridized carbons (Fsp3) is 0.636. The molecule has 0 saturated heterocycles. The van der Waals surface area contributed by atoms with Crippen molar-refractivity contribution in [1.29, 1.82) is 0 Å². The van der Waals surface area contributed by atoms with E-state index in [9.17, 15) is 19.8 Å². The van der Waals surface area contributed by atoms with Crippen LogP contribution >= 0.6 is 0 Å². The Labute approximate surface area is 172 Å². The van der Waals surface area contributed by atoms with Crippen LogP contribution in [-0.4, -0.2) is 58.8 Å². The van der Waals surface area contributed by atoms with Crippen molar-refractivity contribution in [3.63, 3.8) is 0 Å². The molecule has 0 aromatic heterocycles. The van der Waals surface area contributed by atoms with E-state index < -0.39 is 0 Å². The summed E-state index contributed by atoms with van der Waals surface area (Å²) in [6.07, 6.45) is 6.00. The molecular weight excluding hydrogens is 372 g/mol. The quantitative estimate of drug-likeness (QED) is 0.548. The maximum Gasteiger partial charge on any atom is 0.224 e. The van der Waals surface area contributed by atoms with Gasteiger partial charge in [-0.25, -0.2) is 0 Å². The van der Waals surface area contributed by atoms with E-state index in [0.717, 1.165) is 55.5 Å². The molecule has 1 aliphatic heterocycles. The molecule has 3 N–H and O–H groups in total. The lowest BCUT2D eigenvalue weighted by atomic mass is 9.91. The summed E-state index contributed by atoms with van der Waals surface area (Å²) >= 11 is 0. The molecule has 1 saturated carbocycles. The number of hydrogen-bond acceptors (Lipinski definition) is 5. The molecule has 0 radical (unpaired) electrons. The van der Waals surface area contributed by atoms with Crippen LogP contribution in [0.3, 0.4) is 0 Å². The van der Waals surface area contributed by atoms with Crippen molar-refractivity contribution in [2.75, 3.05) is 25.1 Å². The summed E-state index contributed by atoms with van der Waals surface area (Å²) < 4.78 is 5.81. The van der Waals surface area contributed by atoms with Crippen LogP contribution < -0.4 is 10.1 Å². The van der Waals surface area contributed by atoms with Gasteiger partial charge < -0.3 is 25.2 Å². The number of anilines is 1. The number of rotatable bonds is 9. The Hall–Kier alpha value is -2.12. The van der Waals surface area contributed by atoms with Gasteiger partial charge in [0.25, 0.3) is 0 Å². The van der Waals surface area contributed by atoms with Gasteiger partial charge in [0.05, 0.1) is 19.3 Å². The average molecular weight is 405 g/mol. The lowest BCUT2D eigenvalue weighted by Gasteiger charge is -2.36. The Morgan fingerprint density at radius 1 is 1.24 bits per heavy atom. The summed E-state index contributed by atoms with van der Waals surface area (Å²) in [5.41, 5.74) is 1.95. The maximum absolute atomic E-state index is 12.6. The van der Waals surface area contributed by atoms with E-state index >= 15 is 0 Å². The first-order valence-electron chi connectivity index (χ1n) is 10.7. The number of nitrogens with zero attached hydrogens (tertiary/aromatic N) is 1. The van der Waals surface area contributed by atoms with Crippen molar-refractivity contribution < 1.29 is 24.5 Å². The second-order valence-corrected chi connectivity index (χ2v) is 7.96. The van der Waals surface area contributed by atoms with E-state index in [4.69, 9.17) is 4.74 Å². The molecule has 1 fully saturated rings. The summed E-state index contributed by atoms with van der Waals surface area (Å²) in [4.78, 5) is 25.8. The Balaban J connectivity index is 1.40. The minimum absolute atomic E-state index is 0.0330. The van der Waals surface area contributed by atoms with Crippen LogP contribution in [0.15, 0.2) is 18.2 Å². The number of fused-ring (bicyclic) bond motifs is 1. The molecule has 1 aliphatic carbocycles. The number of carbonyl (C=O) groups is 2. The predicted octanol–water partition coefficient (Wildman–Crippen LogP) is 2.24. The predicted molar refractivity (Wildman–Crippen MR) is 110 cm³/mol. The molecule has 2 unspecified atom stereocenters. The highest BCUT2D eigenvalue weighted by Crippen LogP contribution is 2.27. The number of ether oxygens (including phenoxy) is 1. The number of hydrogen-bond donors (Lipinski definition) is 3. The molecule has 1 aromatic carbocycles. The summed E-state index contributed by atoms with van der Waals surface area (Å²) in [7, 11) is 0. The first-order valence-corrected chi connectivity index (χ1v) is 10.7. The third-order valence-electron chi connectivity index (χ3n) is 5.75. The van der Waals surface area contributed by atoms with Gasteiger partial charge in [0, 0.05) is 31.1 Å². The first-order chi connectivity index (χ1) is 14.1. The summed E-state index contributed by atoms with van der Waals surface area (Å²) in [5.74, 6) is 0.876. The highest BCUT2D eigenvalue weighted by Gasteiger charge is 2.28. The van der Waals surface area contributed by atoms with Crippen molar-refractivity contribution in [1.82, 2.24) is 4.90 Å². The second kappa shape index (κ2) is 10.6. The van der Waals surface area contributed by atoms with E-state index in [-0.39, 0.29) is 30.6 Å². The van der Waals surface area contributed by atoms with E-state index in [1.807, 2.05) is 18.2 Å². The van der Waals surface area contributed by atoms with Gasteiger partial charge in [-0.1, -0.05) is 0 Å². The minimum Gasteiger partial charge on any atom is -0.494 e. The van der Waals surface area contributed by atoms with Crippen molar-refractivity contribution >= 4 is 17.5 Å². The van der Waals surface area contributed by atoms with Crippen molar-refractivity contribution in [3.8, 4) is 5.75 Å². The zero-order valence-corrected chi connectivity index (χ0v) is 16.9. The fourth-order valence-corrected chi connectivity index (χ4v) is 4.20. The van der Waals surface area contributed by atoms with Crippen LogP contribution in [0.1, 0.15) is 56.9 Å². The van der Waals surface area contributed by atoms with Gasteiger partial charge in [-0.2, -0.15) is 0 Å². The van der Waals surface area contributed by atoms with Crippen LogP contribution in [0.4, 0.5) is 5.69 Å². The van der Waals surface area contributed by atoms with Crippen molar-refractivity contribution in [2.45, 2.75) is 69.9 Å². The molecule has 7 nitrogen and oxygen atoms in total. The topological polar surface area (TPSA) is 99.1 Å². The molecule has 1 aromatic rings. The van der Waals surface area contributed by atoms with Gasteiger partial charge in [0.2, 0.25) is 11.8 Å². The fourth-order valence-electron chi connectivity index (χ4n) is 4.20. The third-order valence-corrected chi connectivity index (χ3v) is 5.75. The molecule has 0 bridgehead atoms. The summed E-state index contributed by atoms with van der Waals surface area (Å²) in [6, 6.07) is 5.73. The van der Waals surface area contributed by atoms with Crippen LogP contribution in [-0.2, 0) is 16.0 Å². The van der Waals surface area contributed by atoms with E-state index in [0.29, 0.717) is 32.4 Å². The number of carbonyl (C=O) groups excluding carboxylic acids is 2. The molecule has 2 amide bonds. The smallest absolute Gasteiger partial charge is 0.224 e. The first kappa shape index (κ1) is 21.6. The minimum atomic E-state index is -0.346. The number of aryl methyl sites for hydroxylation is 1. The van der Waals surface area contributed by atoms with Crippen LogP contribution in [0.2, 0.25) is 0 Å². The number of unbranched alkanes of at least 4 members (excludes halogenated alkanes) is 1. The van der Waals surface area contributed by atoms with Crippen molar-refractivity contribution in [3.05, 3.63) is 23.8 Å². The zero-order chi connectivity index (χ0) is 20.6. The molecule has 29 heavy (non-hydrogen) atoms. The molecule has 7 heteroatoms. The highest BCUT2D eigenvalue weighted by atomic mass is 16.5. The zero-order valence-electron chi connectivity index (χ0n) is 16.9. The van der Waals surface area contributed by atoms with Crippen LogP contribution in [0.5, 0.6) is 5.75 Å². The second-order valence-electron chi connectivity index (χ2n) is 7.96. The van der Waals surface area contributed by atoms with Gasteiger partial charge in [0.1, 0.15) is 5.75 Å². The van der Waals surface area contributed by atoms with Gasteiger partial charge in [-0.3, -0.25) is 9.59 Å².